The summed E-state index contributed by atoms with van der Waals surface area (Å²) in [6.45, 7) is 2.72. The number of hydrogen-bond acceptors (Lipinski definition) is 4. The second-order valence-electron chi connectivity index (χ2n) is 7.19. The largest absolute Gasteiger partial charge is 0.497 e. The fraction of sp³-hybridized carbons (Fsp3) is 0.208. The van der Waals surface area contributed by atoms with Gasteiger partial charge in [-0.3, -0.25) is 5.10 Å². The van der Waals surface area contributed by atoms with Gasteiger partial charge in [0.15, 0.2) is 11.6 Å². The summed E-state index contributed by atoms with van der Waals surface area (Å²) in [5.74, 6) is 0.675. The summed E-state index contributed by atoms with van der Waals surface area (Å²) in [5.41, 5.74) is 3.68. The first-order valence-electron chi connectivity index (χ1n) is 9.76. The molecule has 0 spiro atoms. The molecule has 0 fully saturated rings. The number of nitrogens with zero attached hydrogens (tertiary/aromatic N) is 1. The van der Waals surface area contributed by atoms with Crippen molar-refractivity contribution in [3.8, 4) is 22.8 Å². The second-order valence-corrected chi connectivity index (χ2v) is 7.19. The normalized spacial score (nSPS) is 12.1. The van der Waals surface area contributed by atoms with E-state index in [1.54, 1.807) is 19.4 Å². The third-order valence-electron chi connectivity index (χ3n) is 5.33. The highest BCUT2D eigenvalue weighted by atomic mass is 19.1. The van der Waals surface area contributed by atoms with Crippen LogP contribution in [0.5, 0.6) is 11.5 Å². The highest BCUT2D eigenvalue weighted by Crippen LogP contribution is 2.28. The van der Waals surface area contributed by atoms with Gasteiger partial charge in [0.05, 0.1) is 26.1 Å². The number of methoxy groups -OCH3 is 2. The molecule has 0 amide bonds. The van der Waals surface area contributed by atoms with Crippen LogP contribution in [0, 0.1) is 5.82 Å². The summed E-state index contributed by atoms with van der Waals surface area (Å²) in [4.78, 5) is 0. The lowest BCUT2D eigenvalue weighted by Gasteiger charge is -2.15. The molecule has 1 aromatic heterocycles. The maximum atomic E-state index is 14.1. The molecule has 0 aliphatic rings. The van der Waals surface area contributed by atoms with E-state index in [1.807, 2.05) is 18.2 Å². The fourth-order valence-electron chi connectivity index (χ4n) is 3.54. The minimum Gasteiger partial charge on any atom is -0.497 e. The lowest BCUT2D eigenvalue weighted by atomic mass is 10.0. The summed E-state index contributed by atoms with van der Waals surface area (Å²) < 4.78 is 24.4. The summed E-state index contributed by atoms with van der Waals surface area (Å²) in [6, 6.07) is 17.5. The quantitative estimate of drug-likeness (QED) is 0.442. The molecule has 0 bridgehead atoms. The highest BCUT2D eigenvalue weighted by molar-refractivity contribution is 5.84. The lowest BCUT2D eigenvalue weighted by molar-refractivity contribution is 0.386. The third kappa shape index (κ3) is 4.00. The zero-order valence-electron chi connectivity index (χ0n) is 17.2. The van der Waals surface area contributed by atoms with E-state index in [-0.39, 0.29) is 11.8 Å². The van der Waals surface area contributed by atoms with Crippen molar-refractivity contribution in [3.63, 3.8) is 0 Å². The minimum absolute atomic E-state index is 0.131. The van der Waals surface area contributed by atoms with Gasteiger partial charge >= 0.3 is 0 Å². The molecule has 4 aromatic rings. The zero-order valence-corrected chi connectivity index (χ0v) is 17.2. The van der Waals surface area contributed by atoms with E-state index >= 15 is 0 Å². The monoisotopic (exact) mass is 405 g/mol. The first kappa shape index (κ1) is 19.9. The van der Waals surface area contributed by atoms with E-state index in [2.05, 4.69) is 46.7 Å². The maximum Gasteiger partial charge on any atom is 0.165 e. The van der Waals surface area contributed by atoms with Gasteiger partial charge in [-0.2, -0.15) is 5.10 Å². The van der Waals surface area contributed by atoms with E-state index in [0.717, 1.165) is 28.0 Å². The van der Waals surface area contributed by atoms with Gasteiger partial charge in [0.25, 0.3) is 0 Å². The zero-order chi connectivity index (χ0) is 21.1. The van der Waals surface area contributed by atoms with Gasteiger partial charge in [-0.25, -0.2) is 4.39 Å². The SMILES string of the molecule is COc1ccc2cc([C@H](C)NCc3cn[nH]c3-c3ccc(OC)c(F)c3)ccc2c1. The molecular weight excluding hydrogens is 381 g/mol. The molecule has 30 heavy (non-hydrogen) atoms. The van der Waals surface area contributed by atoms with E-state index in [4.69, 9.17) is 9.47 Å². The molecule has 5 nitrogen and oxygen atoms in total. The molecular formula is C24H24FN3O2. The number of H-pyrrole nitrogens is 1. The minimum atomic E-state index is -0.398. The van der Waals surface area contributed by atoms with Gasteiger partial charge in [-0.15, -0.1) is 0 Å². The smallest absolute Gasteiger partial charge is 0.165 e. The van der Waals surface area contributed by atoms with Crippen molar-refractivity contribution in [1.82, 2.24) is 15.5 Å². The van der Waals surface area contributed by atoms with Gasteiger partial charge in [0.2, 0.25) is 0 Å². The molecule has 0 saturated carbocycles. The van der Waals surface area contributed by atoms with Crippen LogP contribution in [0.1, 0.15) is 24.1 Å². The Bertz CT molecular complexity index is 1170. The van der Waals surface area contributed by atoms with Crippen LogP contribution < -0.4 is 14.8 Å². The van der Waals surface area contributed by atoms with Gasteiger partial charge in [-0.1, -0.05) is 18.2 Å². The van der Waals surface area contributed by atoms with E-state index in [9.17, 15) is 4.39 Å². The Morgan fingerprint density at radius 3 is 2.57 bits per heavy atom. The van der Waals surface area contributed by atoms with Crippen LogP contribution >= 0.6 is 0 Å². The lowest BCUT2D eigenvalue weighted by Crippen LogP contribution is -2.18. The van der Waals surface area contributed by atoms with Crippen LogP contribution in [0.15, 0.2) is 60.8 Å². The van der Waals surface area contributed by atoms with Crippen molar-refractivity contribution in [2.24, 2.45) is 0 Å². The van der Waals surface area contributed by atoms with Crippen molar-refractivity contribution >= 4 is 10.8 Å². The number of nitrogens with one attached hydrogen (secondary N) is 2. The summed E-state index contributed by atoms with van der Waals surface area (Å²) >= 11 is 0. The molecule has 154 valence electrons. The molecule has 1 atom stereocenters. The van der Waals surface area contributed by atoms with Crippen LogP contribution in [-0.2, 0) is 6.54 Å². The predicted molar refractivity (Wildman–Crippen MR) is 116 cm³/mol. The van der Waals surface area contributed by atoms with E-state index < -0.39 is 5.82 Å². The Kier molecular flexibility index (Phi) is 5.68. The molecule has 2 N–H and O–H groups in total. The Morgan fingerprint density at radius 1 is 1.00 bits per heavy atom. The van der Waals surface area contributed by atoms with E-state index in [0.29, 0.717) is 6.54 Å². The fourth-order valence-corrected chi connectivity index (χ4v) is 3.54. The van der Waals surface area contributed by atoms with Gasteiger partial charge in [0.1, 0.15) is 5.75 Å². The van der Waals surface area contributed by atoms with Crippen molar-refractivity contribution in [3.05, 3.63) is 77.7 Å². The molecule has 0 aliphatic heterocycles. The highest BCUT2D eigenvalue weighted by Gasteiger charge is 2.13. The Balaban J connectivity index is 1.49. The Hall–Kier alpha value is -3.38. The number of rotatable bonds is 7. The number of fused-ring (bicyclic) bond motifs is 1. The Morgan fingerprint density at radius 2 is 1.80 bits per heavy atom. The number of ether oxygens (including phenoxy) is 2. The van der Waals surface area contributed by atoms with Gasteiger partial charge < -0.3 is 14.8 Å². The molecule has 0 radical (unpaired) electrons. The van der Waals surface area contributed by atoms with Crippen molar-refractivity contribution in [2.45, 2.75) is 19.5 Å². The molecule has 6 heteroatoms. The van der Waals surface area contributed by atoms with Crippen LogP contribution in [0.4, 0.5) is 4.39 Å². The molecule has 1 heterocycles. The number of halogens is 1. The summed E-state index contributed by atoms with van der Waals surface area (Å²) in [7, 11) is 3.13. The summed E-state index contributed by atoms with van der Waals surface area (Å²) in [6.07, 6.45) is 1.77. The van der Waals surface area contributed by atoms with Crippen LogP contribution in [0.2, 0.25) is 0 Å². The van der Waals surface area contributed by atoms with Crippen LogP contribution in [0.25, 0.3) is 22.0 Å². The molecule has 0 unspecified atom stereocenters. The van der Waals surface area contributed by atoms with Crippen molar-refractivity contribution in [1.29, 1.82) is 0 Å². The number of aromatic amines is 1. The first-order chi connectivity index (χ1) is 14.6. The predicted octanol–water partition coefficient (Wildman–Crippen LogP) is 5.24. The van der Waals surface area contributed by atoms with Gasteiger partial charge in [-0.05, 0) is 59.7 Å². The van der Waals surface area contributed by atoms with Crippen LogP contribution in [0.3, 0.4) is 0 Å². The number of hydrogen-bond donors (Lipinski definition) is 2. The van der Waals surface area contributed by atoms with E-state index in [1.165, 1.54) is 24.1 Å². The van der Waals surface area contributed by atoms with Crippen molar-refractivity contribution in [2.75, 3.05) is 14.2 Å². The average molecular weight is 405 g/mol. The maximum absolute atomic E-state index is 14.1. The van der Waals surface area contributed by atoms with Crippen molar-refractivity contribution < 1.29 is 13.9 Å². The molecule has 0 aliphatic carbocycles. The summed E-state index contributed by atoms with van der Waals surface area (Å²) in [5, 5.41) is 13.0. The first-order valence-corrected chi connectivity index (χ1v) is 9.76. The third-order valence-corrected chi connectivity index (χ3v) is 5.33. The number of aromatic nitrogens is 2. The Labute approximate surface area is 174 Å². The van der Waals surface area contributed by atoms with Gasteiger partial charge in [0, 0.05) is 23.7 Å². The van der Waals surface area contributed by atoms with Crippen LogP contribution in [-0.4, -0.2) is 24.4 Å². The average Bonchev–Trinajstić information content (AvgIpc) is 3.25. The topological polar surface area (TPSA) is 59.2 Å². The molecule has 3 aromatic carbocycles. The standard InChI is InChI=1S/C24H24FN3O2/c1-15(16-4-5-18-11-21(29-2)8-6-17(18)10-16)26-13-20-14-27-28-24(20)19-7-9-23(30-3)22(25)12-19/h4-12,14-15,26H,13H2,1-3H3,(H,27,28)/t15-/m0/s1. The molecule has 0 saturated heterocycles. The number of benzene rings is 3. The molecule has 4 rings (SSSR count). The second kappa shape index (κ2) is 8.55.